The molecule has 7 nitrogen and oxygen atoms in total. The highest BCUT2D eigenvalue weighted by Gasteiger charge is 2.67. The number of fused-ring (bicyclic) bond motifs is 3. The van der Waals surface area contributed by atoms with Crippen LogP contribution in [0.2, 0.25) is 0 Å². The molecule has 7 heteroatoms. The van der Waals surface area contributed by atoms with Gasteiger partial charge in [0.25, 0.3) is 0 Å². The highest BCUT2D eigenvalue weighted by atomic mass is 17.3. The molecule has 0 aromatic carbocycles. The Kier molecular flexibility index (Phi) is 4.25. The van der Waals surface area contributed by atoms with Crippen LogP contribution >= 0.6 is 0 Å². The molecule has 3 heterocycles. The lowest BCUT2D eigenvalue weighted by molar-refractivity contribution is -0.553. The van der Waals surface area contributed by atoms with E-state index in [9.17, 15) is 9.59 Å². The summed E-state index contributed by atoms with van der Waals surface area (Å²) in [4.78, 5) is 36.0. The van der Waals surface area contributed by atoms with Crippen molar-refractivity contribution in [1.29, 1.82) is 0 Å². The van der Waals surface area contributed by atoms with Crippen molar-refractivity contribution in [2.24, 2.45) is 17.8 Å². The number of esters is 1. The Balaban J connectivity index is 2.06. The Morgan fingerprint density at radius 3 is 2.70 bits per heavy atom. The summed E-state index contributed by atoms with van der Waals surface area (Å²) in [5, 5.41) is 0. The molecule has 0 radical (unpaired) electrons. The average Bonchev–Trinajstić information content (AvgIpc) is 2.78. The second-order valence-electron chi connectivity index (χ2n) is 6.85. The smallest absolute Gasteiger partial charge is 0.308 e. The van der Waals surface area contributed by atoms with Gasteiger partial charge in [-0.1, -0.05) is 6.92 Å². The van der Waals surface area contributed by atoms with Gasteiger partial charge in [0, 0.05) is 25.9 Å². The first-order valence-corrected chi connectivity index (χ1v) is 8.06. The van der Waals surface area contributed by atoms with Crippen molar-refractivity contribution in [2.45, 2.75) is 57.2 Å². The lowest BCUT2D eigenvalue weighted by atomic mass is 9.62. The lowest BCUT2D eigenvalue weighted by Gasteiger charge is -2.53. The van der Waals surface area contributed by atoms with Crippen LogP contribution in [0.15, 0.2) is 0 Å². The maximum absolute atomic E-state index is 12.6. The van der Waals surface area contributed by atoms with Crippen LogP contribution in [0.3, 0.4) is 0 Å². The molecule has 6 atom stereocenters. The molecule has 4 rings (SSSR count). The van der Waals surface area contributed by atoms with E-state index in [0.717, 1.165) is 0 Å². The standard InChI is InChI=1S/C16H24O7/c1-9(13(18)19-3)10-5-6-12(17)11-7-8-15(2)21-14(20-4)16(10,11)23-22-15/h9-11,14H,5-8H2,1-4H3. The van der Waals surface area contributed by atoms with Gasteiger partial charge in [0.05, 0.1) is 18.9 Å². The van der Waals surface area contributed by atoms with Crippen molar-refractivity contribution in [3.63, 3.8) is 0 Å². The van der Waals surface area contributed by atoms with Crippen LogP contribution in [-0.4, -0.2) is 43.7 Å². The summed E-state index contributed by atoms with van der Waals surface area (Å²) in [5.41, 5.74) is -1.12. The van der Waals surface area contributed by atoms with Crippen LogP contribution in [0.25, 0.3) is 0 Å². The number of rotatable bonds is 3. The van der Waals surface area contributed by atoms with Gasteiger partial charge in [0.1, 0.15) is 5.78 Å². The molecular weight excluding hydrogens is 304 g/mol. The maximum Gasteiger partial charge on any atom is 0.308 e. The minimum atomic E-state index is -1.12. The quantitative estimate of drug-likeness (QED) is 0.575. The van der Waals surface area contributed by atoms with Crippen LogP contribution < -0.4 is 0 Å². The fourth-order valence-corrected chi connectivity index (χ4v) is 4.32. The summed E-state index contributed by atoms with van der Waals surface area (Å²) in [5.74, 6) is -2.33. The van der Waals surface area contributed by atoms with Gasteiger partial charge in [0.2, 0.25) is 5.79 Å². The predicted octanol–water partition coefficient (Wildman–Crippen LogP) is 1.59. The molecule has 0 aromatic rings. The summed E-state index contributed by atoms with van der Waals surface area (Å²) < 4.78 is 16.4. The monoisotopic (exact) mass is 328 g/mol. The first-order chi connectivity index (χ1) is 10.9. The molecule has 4 aliphatic rings. The zero-order valence-electron chi connectivity index (χ0n) is 14.0. The highest BCUT2D eigenvalue weighted by Crippen LogP contribution is 2.55. The Labute approximate surface area is 135 Å². The van der Waals surface area contributed by atoms with Gasteiger partial charge in [-0.2, -0.15) is 0 Å². The third-order valence-corrected chi connectivity index (χ3v) is 5.58. The molecule has 0 aromatic heterocycles. The second-order valence-corrected chi connectivity index (χ2v) is 6.85. The van der Waals surface area contributed by atoms with Crippen LogP contribution in [0.4, 0.5) is 0 Å². The van der Waals surface area contributed by atoms with Gasteiger partial charge in [-0.15, -0.1) is 0 Å². The normalized spacial score (nSPS) is 44.3. The van der Waals surface area contributed by atoms with E-state index >= 15 is 0 Å². The van der Waals surface area contributed by atoms with Gasteiger partial charge >= 0.3 is 5.97 Å². The number of ether oxygens (including phenoxy) is 3. The number of hydrogen-bond acceptors (Lipinski definition) is 7. The molecule has 2 bridgehead atoms. The fourth-order valence-electron chi connectivity index (χ4n) is 4.32. The Morgan fingerprint density at radius 2 is 2.04 bits per heavy atom. The Hall–Kier alpha value is -1.02. The van der Waals surface area contributed by atoms with Crippen LogP contribution in [0, 0.1) is 17.8 Å². The molecule has 0 N–H and O–H groups in total. The molecule has 23 heavy (non-hydrogen) atoms. The number of ketones is 1. The van der Waals surface area contributed by atoms with Crippen molar-refractivity contribution >= 4 is 11.8 Å². The number of Topliss-reactive ketones (excluding diaryl/α,β-unsaturated/α-hetero) is 1. The predicted molar refractivity (Wildman–Crippen MR) is 76.8 cm³/mol. The van der Waals surface area contributed by atoms with Crippen molar-refractivity contribution in [2.75, 3.05) is 14.2 Å². The zero-order chi connectivity index (χ0) is 16.8. The third-order valence-electron chi connectivity index (χ3n) is 5.58. The third kappa shape index (κ3) is 2.41. The summed E-state index contributed by atoms with van der Waals surface area (Å²) >= 11 is 0. The van der Waals surface area contributed by atoms with E-state index < -0.39 is 29.5 Å². The Bertz CT molecular complexity index is 507. The zero-order valence-corrected chi connectivity index (χ0v) is 14.0. The average molecular weight is 328 g/mol. The molecule has 130 valence electrons. The van der Waals surface area contributed by atoms with E-state index in [1.165, 1.54) is 14.2 Å². The number of carbonyl (C=O) groups excluding carboxylic acids is 2. The SMILES string of the molecule is COC(=O)C(C)C1CCC(=O)C2CCC3(C)OOC21C(OC)O3. The van der Waals surface area contributed by atoms with E-state index in [2.05, 4.69) is 0 Å². The number of carbonyl (C=O) groups is 2. The molecule has 3 saturated heterocycles. The summed E-state index contributed by atoms with van der Waals surface area (Å²) in [6.07, 6.45) is 1.27. The van der Waals surface area contributed by atoms with Crippen molar-refractivity contribution < 1.29 is 33.6 Å². The topological polar surface area (TPSA) is 80.3 Å². The van der Waals surface area contributed by atoms with Crippen molar-refractivity contribution in [1.82, 2.24) is 0 Å². The minimum Gasteiger partial charge on any atom is -0.469 e. The van der Waals surface area contributed by atoms with Gasteiger partial charge < -0.3 is 14.2 Å². The number of hydrogen-bond donors (Lipinski definition) is 0. The molecule has 1 aliphatic carbocycles. The van der Waals surface area contributed by atoms with E-state index in [-0.39, 0.29) is 17.7 Å². The molecule has 0 amide bonds. The maximum atomic E-state index is 12.6. The van der Waals surface area contributed by atoms with Crippen molar-refractivity contribution in [3.05, 3.63) is 0 Å². The van der Waals surface area contributed by atoms with Gasteiger partial charge in [-0.25, -0.2) is 9.78 Å². The minimum absolute atomic E-state index is 0.110. The largest absolute Gasteiger partial charge is 0.469 e. The highest BCUT2D eigenvalue weighted by molar-refractivity contribution is 5.84. The summed E-state index contributed by atoms with van der Waals surface area (Å²) in [6, 6.07) is 0. The molecule has 1 spiro atoms. The molecule has 1 saturated carbocycles. The molecular formula is C16H24O7. The first-order valence-electron chi connectivity index (χ1n) is 8.06. The molecule has 3 aliphatic heterocycles. The van der Waals surface area contributed by atoms with Crippen LogP contribution in [0.1, 0.15) is 39.5 Å². The lowest BCUT2D eigenvalue weighted by Crippen LogP contribution is -2.66. The second kappa shape index (κ2) is 5.81. The summed E-state index contributed by atoms with van der Waals surface area (Å²) in [7, 11) is 2.87. The Morgan fingerprint density at radius 1 is 1.30 bits per heavy atom. The van der Waals surface area contributed by atoms with Gasteiger partial charge in [-0.3, -0.25) is 9.59 Å². The van der Waals surface area contributed by atoms with Crippen LogP contribution in [0.5, 0.6) is 0 Å². The van der Waals surface area contributed by atoms with E-state index in [1.54, 1.807) is 13.8 Å². The fraction of sp³-hybridized carbons (Fsp3) is 0.875. The molecule has 4 fully saturated rings. The van der Waals surface area contributed by atoms with Crippen molar-refractivity contribution in [3.8, 4) is 0 Å². The van der Waals surface area contributed by atoms with Gasteiger partial charge in [0.15, 0.2) is 11.9 Å². The molecule has 6 unspecified atom stereocenters. The van der Waals surface area contributed by atoms with Crippen LogP contribution in [-0.2, 0) is 33.6 Å². The van der Waals surface area contributed by atoms with Gasteiger partial charge in [-0.05, 0) is 19.8 Å². The number of methoxy groups -OCH3 is 2. The first kappa shape index (κ1) is 16.8. The van der Waals surface area contributed by atoms with E-state index in [4.69, 9.17) is 24.0 Å². The van der Waals surface area contributed by atoms with E-state index in [0.29, 0.717) is 25.7 Å². The van der Waals surface area contributed by atoms with E-state index in [1.807, 2.05) is 0 Å². The summed E-state index contributed by atoms with van der Waals surface area (Å²) in [6.45, 7) is 3.55.